The highest BCUT2D eigenvalue weighted by molar-refractivity contribution is 6.00. The Morgan fingerprint density at radius 2 is 2.21 bits per heavy atom. The Labute approximate surface area is 139 Å². The summed E-state index contributed by atoms with van der Waals surface area (Å²) in [4.78, 5) is 15.0. The predicted molar refractivity (Wildman–Crippen MR) is 87.8 cm³/mol. The van der Waals surface area contributed by atoms with Gasteiger partial charge in [-0.05, 0) is 12.8 Å². The van der Waals surface area contributed by atoms with E-state index in [1.165, 1.54) is 0 Å². The minimum absolute atomic E-state index is 0.00315. The highest BCUT2D eigenvalue weighted by Crippen LogP contribution is 2.34. The lowest BCUT2D eigenvalue weighted by Crippen LogP contribution is -2.30. The van der Waals surface area contributed by atoms with Gasteiger partial charge >= 0.3 is 0 Å². The Morgan fingerprint density at radius 3 is 2.96 bits per heavy atom. The molecule has 4 heterocycles. The van der Waals surface area contributed by atoms with Crippen molar-refractivity contribution < 1.29 is 9.32 Å². The number of hydrogen-bond donors (Lipinski definition) is 0. The number of imidazole rings is 1. The fraction of sp³-hybridized carbons (Fsp3) is 0.471. The largest absolute Gasteiger partial charge is 0.361 e. The van der Waals surface area contributed by atoms with Gasteiger partial charge in [0.1, 0.15) is 22.7 Å². The molecule has 1 aliphatic rings. The van der Waals surface area contributed by atoms with Crippen molar-refractivity contribution in [3.63, 3.8) is 0 Å². The normalized spacial score (nSPS) is 18.2. The molecule has 1 unspecified atom stereocenters. The second-order valence-electron chi connectivity index (χ2n) is 6.70. The molecular formula is C17H21N5O2. The summed E-state index contributed by atoms with van der Waals surface area (Å²) < 4.78 is 9.07. The maximum atomic E-state index is 13.1. The minimum Gasteiger partial charge on any atom is -0.361 e. The molecule has 3 aromatic rings. The van der Waals surface area contributed by atoms with Crippen molar-refractivity contribution in [2.45, 2.75) is 38.6 Å². The maximum absolute atomic E-state index is 13.1. The summed E-state index contributed by atoms with van der Waals surface area (Å²) in [6, 6.07) is 1.96. The number of carbonyl (C=O) groups excluding carboxylic acids is 1. The van der Waals surface area contributed by atoms with Crippen molar-refractivity contribution in [1.29, 1.82) is 0 Å². The van der Waals surface area contributed by atoms with Crippen LogP contribution in [-0.2, 0) is 7.05 Å². The number of rotatable bonds is 3. The second kappa shape index (κ2) is 5.51. The number of amides is 1. The van der Waals surface area contributed by atoms with Crippen LogP contribution in [0.3, 0.4) is 0 Å². The van der Waals surface area contributed by atoms with Gasteiger partial charge in [-0.3, -0.25) is 4.79 Å². The van der Waals surface area contributed by atoms with Crippen molar-refractivity contribution in [2.24, 2.45) is 7.05 Å². The first-order chi connectivity index (χ1) is 11.6. The van der Waals surface area contributed by atoms with E-state index in [2.05, 4.69) is 24.1 Å². The van der Waals surface area contributed by atoms with Crippen molar-refractivity contribution >= 4 is 11.6 Å². The van der Waals surface area contributed by atoms with E-state index >= 15 is 0 Å². The molecule has 7 nitrogen and oxygen atoms in total. The van der Waals surface area contributed by atoms with E-state index in [0.717, 1.165) is 36.5 Å². The Bertz CT molecular complexity index is 888. The van der Waals surface area contributed by atoms with Gasteiger partial charge in [0.2, 0.25) is 0 Å². The lowest BCUT2D eigenvalue weighted by molar-refractivity contribution is 0.0732. The summed E-state index contributed by atoms with van der Waals surface area (Å²) in [5.41, 5.74) is 2.29. The Kier molecular flexibility index (Phi) is 3.44. The first-order valence-corrected chi connectivity index (χ1v) is 8.32. The van der Waals surface area contributed by atoms with Crippen LogP contribution in [0.1, 0.15) is 60.5 Å². The summed E-state index contributed by atoms with van der Waals surface area (Å²) >= 11 is 0. The van der Waals surface area contributed by atoms with Crippen LogP contribution in [0.2, 0.25) is 0 Å². The van der Waals surface area contributed by atoms with Crippen molar-refractivity contribution in [1.82, 2.24) is 24.2 Å². The molecule has 7 heteroatoms. The third-order valence-electron chi connectivity index (χ3n) is 4.74. The molecular weight excluding hydrogens is 306 g/mol. The topological polar surface area (TPSA) is 68.6 Å². The molecule has 0 saturated carbocycles. The van der Waals surface area contributed by atoms with Crippen molar-refractivity contribution in [2.75, 3.05) is 6.54 Å². The quantitative estimate of drug-likeness (QED) is 0.742. The fourth-order valence-corrected chi connectivity index (χ4v) is 3.41. The van der Waals surface area contributed by atoms with E-state index in [1.807, 2.05) is 35.0 Å². The molecule has 1 aliphatic heterocycles. The smallest absolute Gasteiger partial charge is 0.259 e. The summed E-state index contributed by atoms with van der Waals surface area (Å²) in [6.45, 7) is 4.87. The van der Waals surface area contributed by atoms with Gasteiger partial charge < -0.3 is 14.0 Å². The number of carbonyl (C=O) groups is 1. The van der Waals surface area contributed by atoms with Crippen molar-refractivity contribution in [3.05, 3.63) is 41.7 Å². The van der Waals surface area contributed by atoms with E-state index < -0.39 is 0 Å². The van der Waals surface area contributed by atoms with Crippen LogP contribution < -0.4 is 0 Å². The van der Waals surface area contributed by atoms with Gasteiger partial charge in [0, 0.05) is 38.0 Å². The molecule has 1 saturated heterocycles. The Hall–Kier alpha value is -2.57. The first kappa shape index (κ1) is 15.0. The molecule has 0 N–H and O–H groups in total. The molecule has 1 amide bonds. The average Bonchev–Trinajstić information content (AvgIpc) is 3.32. The van der Waals surface area contributed by atoms with Gasteiger partial charge in [-0.1, -0.05) is 19.0 Å². The van der Waals surface area contributed by atoms with Crippen LogP contribution in [-0.4, -0.2) is 36.7 Å². The van der Waals surface area contributed by atoms with Gasteiger partial charge in [0.15, 0.2) is 0 Å². The molecule has 126 valence electrons. The highest BCUT2D eigenvalue weighted by Gasteiger charge is 2.34. The highest BCUT2D eigenvalue weighted by atomic mass is 16.5. The molecule has 24 heavy (non-hydrogen) atoms. The Morgan fingerprint density at radius 1 is 1.38 bits per heavy atom. The van der Waals surface area contributed by atoms with Crippen LogP contribution in [0.15, 0.2) is 29.2 Å². The lowest BCUT2D eigenvalue weighted by Gasteiger charge is -2.22. The zero-order chi connectivity index (χ0) is 16.8. The summed E-state index contributed by atoms with van der Waals surface area (Å²) in [5.74, 6) is 1.15. The van der Waals surface area contributed by atoms with Crippen LogP contribution >= 0.6 is 0 Å². The van der Waals surface area contributed by atoms with E-state index in [9.17, 15) is 4.79 Å². The van der Waals surface area contributed by atoms with Crippen molar-refractivity contribution in [3.8, 4) is 0 Å². The van der Waals surface area contributed by atoms with Crippen LogP contribution in [0.5, 0.6) is 0 Å². The van der Waals surface area contributed by atoms with Gasteiger partial charge in [-0.2, -0.15) is 5.10 Å². The van der Waals surface area contributed by atoms with E-state index in [4.69, 9.17) is 4.52 Å². The molecule has 0 aliphatic carbocycles. The van der Waals surface area contributed by atoms with Gasteiger partial charge in [0.25, 0.3) is 5.91 Å². The van der Waals surface area contributed by atoms with E-state index in [-0.39, 0.29) is 17.9 Å². The molecule has 0 aromatic carbocycles. The van der Waals surface area contributed by atoms with E-state index in [0.29, 0.717) is 5.56 Å². The zero-order valence-corrected chi connectivity index (χ0v) is 14.1. The summed E-state index contributed by atoms with van der Waals surface area (Å²) in [6.07, 6.45) is 7.27. The predicted octanol–water partition coefficient (Wildman–Crippen LogP) is 2.76. The number of hydrogen-bond acceptors (Lipinski definition) is 4. The number of nitrogens with zero attached hydrogens (tertiary/aromatic N) is 5. The van der Waals surface area contributed by atoms with Crippen LogP contribution in [0, 0.1) is 0 Å². The summed E-state index contributed by atoms with van der Waals surface area (Å²) in [5, 5.41) is 8.48. The molecule has 3 aromatic heterocycles. The lowest BCUT2D eigenvalue weighted by atomic mass is 10.1. The number of aromatic nitrogens is 4. The molecule has 0 bridgehead atoms. The summed E-state index contributed by atoms with van der Waals surface area (Å²) in [7, 11) is 1.92. The van der Waals surface area contributed by atoms with Crippen LogP contribution in [0.4, 0.5) is 0 Å². The third kappa shape index (κ3) is 2.23. The third-order valence-corrected chi connectivity index (χ3v) is 4.74. The zero-order valence-electron chi connectivity index (χ0n) is 14.1. The first-order valence-electron chi connectivity index (χ1n) is 8.32. The molecule has 0 spiro atoms. The number of aryl methyl sites for hydroxylation is 1. The maximum Gasteiger partial charge on any atom is 0.259 e. The second-order valence-corrected chi connectivity index (χ2v) is 6.70. The van der Waals surface area contributed by atoms with Gasteiger partial charge in [-0.15, -0.1) is 0 Å². The molecule has 0 radical (unpaired) electrons. The van der Waals surface area contributed by atoms with E-state index in [1.54, 1.807) is 10.7 Å². The van der Waals surface area contributed by atoms with Gasteiger partial charge in [0.05, 0.1) is 12.2 Å². The minimum atomic E-state index is -0.0241. The average molecular weight is 327 g/mol. The molecule has 4 rings (SSSR count). The number of likely N-dealkylation sites (tertiary alicyclic amines) is 1. The Balaban J connectivity index is 1.66. The van der Waals surface area contributed by atoms with Gasteiger partial charge in [-0.25, -0.2) is 4.52 Å². The number of fused-ring (bicyclic) bond motifs is 1. The monoisotopic (exact) mass is 327 g/mol. The molecule has 1 atom stereocenters. The SMILES string of the molecule is CC(C)c1cc(C2CCCN2C(=O)c2cnn3ccn(C)c23)no1. The fourth-order valence-electron chi connectivity index (χ4n) is 3.41. The molecule has 1 fully saturated rings. The standard InChI is InChI=1S/C17H21N5O2/c1-11(2)15-9-13(19-24-15)14-5-4-6-21(14)17(23)12-10-18-22-8-7-20(3)16(12)22/h7-11,14H,4-6H2,1-3H3. The van der Waals surface area contributed by atoms with Crippen LogP contribution in [0.25, 0.3) is 5.65 Å².